The molecule has 0 rings (SSSR count). The van der Waals surface area contributed by atoms with E-state index in [1.807, 2.05) is 19.9 Å². The van der Waals surface area contributed by atoms with Crippen molar-refractivity contribution in [3.8, 4) is 0 Å². The maximum atomic E-state index is 10.9. The minimum absolute atomic E-state index is 0.128. The van der Waals surface area contributed by atoms with Crippen LogP contribution < -0.4 is 0 Å². The van der Waals surface area contributed by atoms with Gasteiger partial charge in [0.15, 0.2) is 0 Å². The predicted molar refractivity (Wildman–Crippen MR) is 63.5 cm³/mol. The zero-order valence-electron chi connectivity index (χ0n) is 10.2. The van der Waals surface area contributed by atoms with Gasteiger partial charge in [-0.2, -0.15) is 0 Å². The number of ether oxygens (including phenoxy) is 1. The maximum absolute atomic E-state index is 10.9. The first-order chi connectivity index (χ1) is 7.10. The van der Waals surface area contributed by atoms with Gasteiger partial charge in [0.1, 0.15) is 0 Å². The minimum Gasteiger partial charge on any atom is -0.465 e. The van der Waals surface area contributed by atoms with Crippen LogP contribution in [0.5, 0.6) is 0 Å². The molecule has 0 fully saturated rings. The largest absolute Gasteiger partial charge is 0.465 e. The van der Waals surface area contributed by atoms with Crippen molar-refractivity contribution >= 4 is 5.97 Å². The van der Waals surface area contributed by atoms with Crippen LogP contribution in [-0.2, 0) is 9.53 Å². The molecule has 2 unspecified atom stereocenters. The van der Waals surface area contributed by atoms with Crippen LogP contribution in [0.25, 0.3) is 0 Å². The molecule has 0 aromatic rings. The van der Waals surface area contributed by atoms with Crippen molar-refractivity contribution in [1.82, 2.24) is 0 Å². The number of hydrogen-bond donors (Lipinski definition) is 0. The quantitative estimate of drug-likeness (QED) is 0.496. The molecule has 0 aromatic heterocycles. The van der Waals surface area contributed by atoms with Gasteiger partial charge in [0, 0.05) is 12.3 Å². The molecule has 0 bridgehead atoms. The van der Waals surface area contributed by atoms with Gasteiger partial charge in [-0.25, -0.2) is 0 Å². The van der Waals surface area contributed by atoms with E-state index in [1.54, 1.807) is 6.92 Å². The fraction of sp³-hybridized carbons (Fsp3) is 0.615. The Hall–Kier alpha value is -1.05. The lowest BCUT2D eigenvalue weighted by molar-refractivity contribution is -0.144. The molecule has 0 saturated heterocycles. The number of rotatable bonds is 6. The molecule has 0 spiro atoms. The first-order valence-electron chi connectivity index (χ1n) is 5.56. The van der Waals surface area contributed by atoms with Crippen LogP contribution in [-0.4, -0.2) is 12.6 Å². The summed E-state index contributed by atoms with van der Waals surface area (Å²) in [5.41, 5.74) is 0. The molecule has 0 amide bonds. The molecule has 0 N–H and O–H groups in total. The van der Waals surface area contributed by atoms with E-state index in [2.05, 4.69) is 25.2 Å². The topological polar surface area (TPSA) is 26.3 Å². The van der Waals surface area contributed by atoms with E-state index in [9.17, 15) is 4.79 Å². The second-order valence-electron chi connectivity index (χ2n) is 3.78. The smallest absolute Gasteiger partial charge is 0.305 e. The number of hydrogen-bond acceptors (Lipinski definition) is 2. The highest BCUT2D eigenvalue weighted by molar-refractivity contribution is 5.68. The van der Waals surface area contributed by atoms with Gasteiger partial charge in [-0.15, -0.1) is 0 Å². The summed E-state index contributed by atoms with van der Waals surface area (Å²) in [5.74, 6) is 0.601. The lowest BCUT2D eigenvalue weighted by Gasteiger charge is -2.07. The molecule has 0 aliphatic carbocycles. The summed E-state index contributed by atoms with van der Waals surface area (Å²) in [6.07, 6.45) is 8.83. The Balaban J connectivity index is 3.82. The number of esters is 1. The standard InChI is InChI=1S/C13H22O2/c1-5-7-11(3)8-9-12(4)10-15-13(14)6-2/h5,7-9,11-12H,6,10H2,1-4H3/b7-5+,9-8+. The normalized spacial score (nSPS) is 15.7. The molecule has 0 aliphatic heterocycles. The first-order valence-corrected chi connectivity index (χ1v) is 5.56. The summed E-state index contributed by atoms with van der Waals surface area (Å²) in [5, 5.41) is 0. The van der Waals surface area contributed by atoms with E-state index in [0.29, 0.717) is 18.9 Å². The van der Waals surface area contributed by atoms with E-state index in [-0.39, 0.29) is 11.9 Å². The van der Waals surface area contributed by atoms with Gasteiger partial charge in [-0.1, -0.05) is 45.1 Å². The number of allylic oxidation sites excluding steroid dienone is 3. The molecule has 2 atom stereocenters. The average Bonchev–Trinajstić information content (AvgIpc) is 2.23. The highest BCUT2D eigenvalue weighted by atomic mass is 16.5. The summed E-state index contributed by atoms with van der Waals surface area (Å²) in [4.78, 5) is 10.9. The summed E-state index contributed by atoms with van der Waals surface area (Å²) >= 11 is 0. The molecular formula is C13H22O2. The minimum atomic E-state index is -0.128. The molecule has 86 valence electrons. The fourth-order valence-corrected chi connectivity index (χ4v) is 1.11. The Bertz CT molecular complexity index is 229. The van der Waals surface area contributed by atoms with E-state index < -0.39 is 0 Å². The number of carbonyl (C=O) groups excluding carboxylic acids is 1. The van der Waals surface area contributed by atoms with E-state index in [0.717, 1.165) is 0 Å². The summed E-state index contributed by atoms with van der Waals surface area (Å²) in [6, 6.07) is 0. The summed E-state index contributed by atoms with van der Waals surface area (Å²) in [7, 11) is 0. The average molecular weight is 210 g/mol. The Morgan fingerprint density at radius 3 is 2.47 bits per heavy atom. The van der Waals surface area contributed by atoms with Crippen LogP contribution in [0.2, 0.25) is 0 Å². The zero-order chi connectivity index (χ0) is 11.7. The molecule has 2 heteroatoms. The van der Waals surface area contributed by atoms with Gasteiger partial charge in [0.25, 0.3) is 0 Å². The van der Waals surface area contributed by atoms with Gasteiger partial charge < -0.3 is 4.74 Å². The van der Waals surface area contributed by atoms with E-state index in [1.165, 1.54) is 0 Å². The maximum Gasteiger partial charge on any atom is 0.305 e. The lowest BCUT2D eigenvalue weighted by atomic mass is 10.1. The summed E-state index contributed by atoms with van der Waals surface area (Å²) < 4.78 is 5.04. The van der Waals surface area contributed by atoms with Gasteiger partial charge in [-0.3, -0.25) is 4.79 Å². The molecule has 0 radical (unpaired) electrons. The van der Waals surface area contributed by atoms with Gasteiger partial charge in [0.05, 0.1) is 6.61 Å². The molecule has 15 heavy (non-hydrogen) atoms. The van der Waals surface area contributed by atoms with Crippen molar-refractivity contribution in [1.29, 1.82) is 0 Å². The molecule has 0 heterocycles. The zero-order valence-corrected chi connectivity index (χ0v) is 10.2. The van der Waals surface area contributed by atoms with Crippen molar-refractivity contribution in [2.45, 2.75) is 34.1 Å². The Labute approximate surface area is 93.0 Å². The van der Waals surface area contributed by atoms with Crippen molar-refractivity contribution in [2.75, 3.05) is 6.61 Å². The van der Waals surface area contributed by atoms with Crippen LogP contribution in [0.3, 0.4) is 0 Å². The molecule has 0 aromatic carbocycles. The molecular weight excluding hydrogens is 188 g/mol. The van der Waals surface area contributed by atoms with Gasteiger partial charge >= 0.3 is 5.97 Å². The van der Waals surface area contributed by atoms with Crippen LogP contribution in [0.4, 0.5) is 0 Å². The van der Waals surface area contributed by atoms with Crippen molar-refractivity contribution in [3.63, 3.8) is 0 Å². The fourth-order valence-electron chi connectivity index (χ4n) is 1.11. The number of carbonyl (C=O) groups is 1. The predicted octanol–water partition coefficient (Wildman–Crippen LogP) is 3.34. The van der Waals surface area contributed by atoms with Crippen LogP contribution >= 0.6 is 0 Å². The highest BCUT2D eigenvalue weighted by Gasteiger charge is 2.02. The van der Waals surface area contributed by atoms with Gasteiger partial charge in [0.2, 0.25) is 0 Å². The van der Waals surface area contributed by atoms with Crippen molar-refractivity contribution < 1.29 is 9.53 Å². The second kappa shape index (κ2) is 8.27. The highest BCUT2D eigenvalue weighted by Crippen LogP contribution is 2.05. The molecule has 0 aliphatic rings. The monoisotopic (exact) mass is 210 g/mol. The van der Waals surface area contributed by atoms with Crippen LogP contribution in [0.1, 0.15) is 34.1 Å². The molecule has 2 nitrogen and oxygen atoms in total. The van der Waals surface area contributed by atoms with Gasteiger partial charge in [-0.05, 0) is 12.8 Å². The van der Waals surface area contributed by atoms with E-state index in [4.69, 9.17) is 4.74 Å². The second-order valence-corrected chi connectivity index (χ2v) is 3.78. The first kappa shape index (κ1) is 13.9. The third kappa shape index (κ3) is 7.98. The van der Waals surface area contributed by atoms with Crippen LogP contribution in [0.15, 0.2) is 24.3 Å². The third-order valence-corrected chi connectivity index (χ3v) is 2.04. The third-order valence-electron chi connectivity index (χ3n) is 2.04. The summed E-state index contributed by atoms with van der Waals surface area (Å²) in [6.45, 7) is 8.46. The SMILES string of the molecule is C/C=C/C(C)/C=C/C(C)COC(=O)CC. The Morgan fingerprint density at radius 1 is 1.27 bits per heavy atom. The van der Waals surface area contributed by atoms with E-state index >= 15 is 0 Å². The molecule has 0 saturated carbocycles. The van der Waals surface area contributed by atoms with Crippen molar-refractivity contribution in [3.05, 3.63) is 24.3 Å². The Morgan fingerprint density at radius 2 is 1.93 bits per heavy atom. The van der Waals surface area contributed by atoms with Crippen LogP contribution in [0, 0.1) is 11.8 Å². The lowest BCUT2D eigenvalue weighted by Crippen LogP contribution is -2.09. The van der Waals surface area contributed by atoms with Crippen molar-refractivity contribution in [2.24, 2.45) is 11.8 Å². The Kier molecular flexibility index (Phi) is 7.69.